The zero-order valence-corrected chi connectivity index (χ0v) is 15.4. The summed E-state index contributed by atoms with van der Waals surface area (Å²) in [6, 6.07) is 7.85. The molecule has 21 heavy (non-hydrogen) atoms. The second kappa shape index (κ2) is 7.40. The van der Waals surface area contributed by atoms with Crippen molar-refractivity contribution in [1.82, 2.24) is 9.97 Å². The van der Waals surface area contributed by atoms with Gasteiger partial charge in [0.25, 0.3) is 0 Å². The van der Waals surface area contributed by atoms with Crippen LogP contribution < -0.4 is 5.32 Å². The predicted octanol–water partition coefficient (Wildman–Crippen LogP) is 4.88. The smallest absolute Gasteiger partial charge is 0.143 e. The summed E-state index contributed by atoms with van der Waals surface area (Å²) in [4.78, 5) is 9.40. The highest BCUT2D eigenvalue weighted by molar-refractivity contribution is 14.1. The number of nitrogens with one attached hydrogen (secondary N) is 1. The average molecular weight is 416 g/mol. The summed E-state index contributed by atoms with van der Waals surface area (Å²) in [6.07, 6.45) is 0.690. The van der Waals surface area contributed by atoms with Gasteiger partial charge < -0.3 is 5.32 Å². The van der Waals surface area contributed by atoms with Gasteiger partial charge in [-0.05, 0) is 53.1 Å². The second-order valence-corrected chi connectivity index (χ2v) is 6.69. The number of benzene rings is 1. The summed E-state index contributed by atoms with van der Waals surface area (Å²) in [5.41, 5.74) is 2.22. The zero-order chi connectivity index (χ0) is 15.4. The molecule has 0 saturated carbocycles. The Morgan fingerprint density at radius 1 is 1.29 bits per heavy atom. The number of halogens is 2. The monoisotopic (exact) mass is 415 g/mol. The molecule has 3 nitrogen and oxygen atoms in total. The van der Waals surface area contributed by atoms with Gasteiger partial charge in [0, 0.05) is 18.0 Å². The highest BCUT2D eigenvalue weighted by atomic mass is 127. The molecule has 0 aliphatic heterocycles. The molecule has 0 unspecified atom stereocenters. The van der Waals surface area contributed by atoms with Crippen molar-refractivity contribution in [2.75, 3.05) is 11.9 Å². The van der Waals surface area contributed by atoms with E-state index >= 15 is 0 Å². The Hall–Kier alpha value is -0.880. The molecule has 0 amide bonds. The van der Waals surface area contributed by atoms with E-state index in [1.165, 1.54) is 0 Å². The third-order valence-corrected chi connectivity index (χ3v) is 4.36. The first-order valence-corrected chi connectivity index (χ1v) is 8.51. The van der Waals surface area contributed by atoms with E-state index in [0.717, 1.165) is 38.0 Å². The molecule has 0 fully saturated rings. The van der Waals surface area contributed by atoms with Crippen molar-refractivity contribution in [3.63, 3.8) is 0 Å². The molecule has 0 aliphatic rings. The minimum atomic E-state index is 0.371. The number of hydrogen-bond acceptors (Lipinski definition) is 3. The third kappa shape index (κ3) is 4.30. The fourth-order valence-corrected chi connectivity index (χ4v) is 3.36. The lowest BCUT2D eigenvalue weighted by Gasteiger charge is -2.14. The van der Waals surface area contributed by atoms with Crippen LogP contribution in [0.1, 0.15) is 43.8 Å². The largest absolute Gasteiger partial charge is 0.369 e. The van der Waals surface area contributed by atoms with Crippen molar-refractivity contribution >= 4 is 40.0 Å². The number of rotatable bonds is 5. The average Bonchev–Trinajstić information content (AvgIpc) is 2.42. The lowest BCUT2D eigenvalue weighted by Crippen LogP contribution is -2.11. The van der Waals surface area contributed by atoms with Crippen LogP contribution in [0.2, 0.25) is 5.02 Å². The molecule has 2 aromatic rings. The van der Waals surface area contributed by atoms with Crippen LogP contribution in [0.25, 0.3) is 0 Å². The van der Waals surface area contributed by atoms with E-state index in [4.69, 9.17) is 16.6 Å². The van der Waals surface area contributed by atoms with E-state index in [-0.39, 0.29) is 0 Å². The Labute approximate surface area is 144 Å². The normalized spacial score (nSPS) is 11.0. The van der Waals surface area contributed by atoms with E-state index in [1.807, 2.05) is 18.2 Å². The number of nitrogens with zero attached hydrogens (tertiary/aromatic N) is 2. The summed E-state index contributed by atoms with van der Waals surface area (Å²) in [5.74, 6) is 2.13. The van der Waals surface area contributed by atoms with Crippen molar-refractivity contribution < 1.29 is 0 Å². The summed E-state index contributed by atoms with van der Waals surface area (Å²) in [6.45, 7) is 7.23. The molecule has 1 aromatic heterocycles. The molecule has 1 aromatic carbocycles. The first kappa shape index (κ1) is 16.5. The Bertz CT molecular complexity index is 629. The van der Waals surface area contributed by atoms with Gasteiger partial charge >= 0.3 is 0 Å². The van der Waals surface area contributed by atoms with Gasteiger partial charge in [0.2, 0.25) is 0 Å². The van der Waals surface area contributed by atoms with Crippen LogP contribution in [0.4, 0.5) is 5.82 Å². The maximum atomic E-state index is 6.04. The Balaban J connectivity index is 2.39. The molecule has 1 heterocycles. The Morgan fingerprint density at radius 3 is 2.67 bits per heavy atom. The maximum absolute atomic E-state index is 6.04. The number of aromatic nitrogens is 2. The van der Waals surface area contributed by atoms with Crippen molar-refractivity contribution in [3.05, 3.63) is 49.9 Å². The maximum Gasteiger partial charge on any atom is 0.143 e. The van der Waals surface area contributed by atoms with Gasteiger partial charge in [0.1, 0.15) is 11.6 Å². The van der Waals surface area contributed by atoms with Crippen molar-refractivity contribution in [2.24, 2.45) is 0 Å². The summed E-state index contributed by atoms with van der Waals surface area (Å²) >= 11 is 8.37. The zero-order valence-electron chi connectivity index (χ0n) is 12.5. The molecule has 0 aliphatic carbocycles. The van der Waals surface area contributed by atoms with Crippen molar-refractivity contribution in [2.45, 2.75) is 33.1 Å². The van der Waals surface area contributed by atoms with Crippen molar-refractivity contribution in [3.8, 4) is 0 Å². The molecule has 0 atom stereocenters. The van der Waals surface area contributed by atoms with Crippen LogP contribution in [0.15, 0.2) is 24.3 Å². The molecule has 0 saturated heterocycles. The third-order valence-electron chi connectivity index (χ3n) is 3.07. The second-order valence-electron chi connectivity index (χ2n) is 5.18. The summed E-state index contributed by atoms with van der Waals surface area (Å²) in [7, 11) is 0. The van der Waals surface area contributed by atoms with E-state index in [1.54, 1.807) is 0 Å². The van der Waals surface area contributed by atoms with E-state index in [9.17, 15) is 0 Å². The highest BCUT2D eigenvalue weighted by Gasteiger charge is 2.14. The number of hydrogen-bond donors (Lipinski definition) is 1. The van der Waals surface area contributed by atoms with Gasteiger partial charge in [-0.25, -0.2) is 9.97 Å². The quantitative estimate of drug-likeness (QED) is 0.707. The minimum absolute atomic E-state index is 0.371. The van der Waals surface area contributed by atoms with Gasteiger partial charge in [-0.1, -0.05) is 37.6 Å². The molecule has 2 rings (SSSR count). The van der Waals surface area contributed by atoms with Crippen LogP contribution in [0.3, 0.4) is 0 Å². The lowest BCUT2D eigenvalue weighted by atomic mass is 10.1. The van der Waals surface area contributed by atoms with E-state index in [2.05, 4.69) is 59.7 Å². The van der Waals surface area contributed by atoms with E-state index < -0.39 is 0 Å². The van der Waals surface area contributed by atoms with Gasteiger partial charge in [-0.2, -0.15) is 0 Å². The molecule has 0 spiro atoms. The van der Waals surface area contributed by atoms with Crippen LogP contribution >= 0.6 is 34.2 Å². The first-order valence-electron chi connectivity index (χ1n) is 7.05. The SMILES string of the molecule is CCNc1nc(Cc2cccc(Cl)c2)nc(C(C)C)c1I. The Kier molecular flexibility index (Phi) is 5.81. The van der Waals surface area contributed by atoms with Gasteiger partial charge in [-0.3, -0.25) is 0 Å². The van der Waals surface area contributed by atoms with Gasteiger partial charge in [0.15, 0.2) is 0 Å². The molecule has 1 N–H and O–H groups in total. The molecular weight excluding hydrogens is 397 g/mol. The fourth-order valence-electron chi connectivity index (χ4n) is 2.09. The first-order chi connectivity index (χ1) is 10.0. The Morgan fingerprint density at radius 2 is 2.05 bits per heavy atom. The highest BCUT2D eigenvalue weighted by Crippen LogP contribution is 2.26. The summed E-state index contributed by atoms with van der Waals surface area (Å²) in [5, 5.41) is 4.07. The topological polar surface area (TPSA) is 37.8 Å². The van der Waals surface area contributed by atoms with Crippen molar-refractivity contribution in [1.29, 1.82) is 0 Å². The standard InChI is InChI=1S/C16H19ClIN3/c1-4-19-16-14(18)15(10(2)3)20-13(21-16)9-11-6-5-7-12(17)8-11/h5-8,10H,4,9H2,1-3H3,(H,19,20,21). The van der Waals surface area contributed by atoms with Gasteiger partial charge in [0.05, 0.1) is 9.26 Å². The lowest BCUT2D eigenvalue weighted by molar-refractivity contribution is 0.783. The molecule has 0 bridgehead atoms. The molecule has 5 heteroatoms. The molecule has 0 radical (unpaired) electrons. The van der Waals surface area contributed by atoms with Crippen LogP contribution in [0.5, 0.6) is 0 Å². The molecule has 112 valence electrons. The van der Waals surface area contributed by atoms with Crippen LogP contribution in [-0.4, -0.2) is 16.5 Å². The van der Waals surface area contributed by atoms with Crippen LogP contribution in [0, 0.1) is 3.57 Å². The van der Waals surface area contributed by atoms with Crippen LogP contribution in [-0.2, 0) is 6.42 Å². The summed E-state index contributed by atoms with van der Waals surface area (Å²) < 4.78 is 1.11. The number of anilines is 1. The predicted molar refractivity (Wildman–Crippen MR) is 97.3 cm³/mol. The van der Waals surface area contributed by atoms with E-state index in [0.29, 0.717) is 12.3 Å². The van der Waals surface area contributed by atoms with Gasteiger partial charge in [-0.15, -0.1) is 0 Å². The molecular formula is C16H19ClIN3. The minimum Gasteiger partial charge on any atom is -0.369 e. The fraction of sp³-hybridized carbons (Fsp3) is 0.375.